The lowest BCUT2D eigenvalue weighted by Crippen LogP contribution is -2.18. The molecule has 0 aliphatic heterocycles. The van der Waals surface area contributed by atoms with E-state index in [0.29, 0.717) is 6.54 Å². The molecule has 0 atom stereocenters. The Hall–Kier alpha value is -1.99. The maximum atomic E-state index is 10.9. The Morgan fingerprint density at radius 1 is 1.45 bits per heavy atom. The second kappa shape index (κ2) is 6.44. The maximum Gasteiger partial charge on any atom is 0.269 e. The first-order valence-corrected chi connectivity index (χ1v) is 7.05. The third-order valence-electron chi connectivity index (χ3n) is 2.92. The minimum atomic E-state index is -0.372. The molecule has 2 aromatic rings. The van der Waals surface area contributed by atoms with E-state index in [-0.39, 0.29) is 10.6 Å². The molecule has 0 fully saturated rings. The molecule has 1 heterocycles. The highest BCUT2D eigenvalue weighted by atomic mass is 32.1. The van der Waals surface area contributed by atoms with E-state index < -0.39 is 0 Å². The summed E-state index contributed by atoms with van der Waals surface area (Å²) in [4.78, 5) is 16.8. The van der Waals surface area contributed by atoms with Crippen molar-refractivity contribution >= 4 is 22.7 Å². The Morgan fingerprint density at radius 3 is 2.85 bits per heavy atom. The highest BCUT2D eigenvalue weighted by Crippen LogP contribution is 2.23. The SMILES string of the molecule is CNc1ccc([N+](=O)[O-])cc1CN(C)Cc1cscn1. The molecule has 1 aromatic heterocycles. The molecule has 0 unspecified atom stereocenters. The summed E-state index contributed by atoms with van der Waals surface area (Å²) in [6.45, 7) is 1.34. The van der Waals surface area contributed by atoms with Crippen molar-refractivity contribution in [3.63, 3.8) is 0 Å². The van der Waals surface area contributed by atoms with Gasteiger partial charge in [-0.15, -0.1) is 11.3 Å². The summed E-state index contributed by atoms with van der Waals surface area (Å²) in [5.74, 6) is 0. The molecule has 0 amide bonds. The fourth-order valence-electron chi connectivity index (χ4n) is 2.01. The van der Waals surface area contributed by atoms with Crippen molar-refractivity contribution in [2.45, 2.75) is 13.1 Å². The molecule has 20 heavy (non-hydrogen) atoms. The molecule has 2 rings (SSSR count). The largest absolute Gasteiger partial charge is 0.388 e. The van der Waals surface area contributed by atoms with Crippen LogP contribution in [0.5, 0.6) is 0 Å². The van der Waals surface area contributed by atoms with E-state index >= 15 is 0 Å². The molecule has 0 bridgehead atoms. The minimum Gasteiger partial charge on any atom is -0.388 e. The molecule has 1 aromatic carbocycles. The Morgan fingerprint density at radius 2 is 2.25 bits per heavy atom. The van der Waals surface area contributed by atoms with E-state index in [4.69, 9.17) is 0 Å². The zero-order valence-electron chi connectivity index (χ0n) is 11.4. The van der Waals surface area contributed by atoms with E-state index in [2.05, 4.69) is 15.2 Å². The molecular formula is C13H16N4O2S. The Balaban J connectivity index is 2.14. The standard InChI is InChI=1S/C13H16N4O2S/c1-14-13-4-3-12(17(18)19)5-10(13)6-16(2)7-11-8-20-9-15-11/h3-5,8-9,14H,6-7H2,1-2H3. The van der Waals surface area contributed by atoms with Gasteiger partial charge in [-0.25, -0.2) is 4.98 Å². The number of aromatic nitrogens is 1. The second-order valence-electron chi connectivity index (χ2n) is 4.50. The number of hydrogen-bond acceptors (Lipinski definition) is 6. The summed E-state index contributed by atoms with van der Waals surface area (Å²) in [5.41, 5.74) is 4.73. The van der Waals surface area contributed by atoms with Crippen LogP contribution in [0.2, 0.25) is 0 Å². The van der Waals surface area contributed by atoms with Crippen molar-refractivity contribution in [3.8, 4) is 0 Å². The third-order valence-corrected chi connectivity index (χ3v) is 3.56. The molecule has 0 saturated carbocycles. The lowest BCUT2D eigenvalue weighted by Gasteiger charge is -2.17. The molecule has 0 spiro atoms. The van der Waals surface area contributed by atoms with Crippen LogP contribution in [0.1, 0.15) is 11.3 Å². The smallest absolute Gasteiger partial charge is 0.269 e. The first-order chi connectivity index (χ1) is 9.60. The summed E-state index contributed by atoms with van der Waals surface area (Å²) in [6, 6.07) is 4.86. The van der Waals surface area contributed by atoms with Crippen molar-refractivity contribution < 1.29 is 4.92 Å². The van der Waals surface area contributed by atoms with Crippen LogP contribution in [0.4, 0.5) is 11.4 Å². The third kappa shape index (κ3) is 3.52. The molecule has 0 aliphatic carbocycles. The number of rotatable bonds is 6. The molecule has 1 N–H and O–H groups in total. The van der Waals surface area contributed by atoms with Crippen LogP contribution < -0.4 is 5.32 Å². The second-order valence-corrected chi connectivity index (χ2v) is 5.22. The zero-order chi connectivity index (χ0) is 14.5. The highest BCUT2D eigenvalue weighted by molar-refractivity contribution is 7.07. The number of nitro benzene ring substituents is 1. The van der Waals surface area contributed by atoms with E-state index in [1.54, 1.807) is 29.0 Å². The molecule has 0 radical (unpaired) electrons. The summed E-state index contributed by atoms with van der Waals surface area (Å²) in [5, 5.41) is 15.9. The van der Waals surface area contributed by atoms with E-state index in [1.807, 2.05) is 19.5 Å². The van der Waals surface area contributed by atoms with Gasteiger partial charge in [-0.2, -0.15) is 0 Å². The summed E-state index contributed by atoms with van der Waals surface area (Å²) < 4.78 is 0. The van der Waals surface area contributed by atoms with Crippen LogP contribution >= 0.6 is 11.3 Å². The average Bonchev–Trinajstić information content (AvgIpc) is 2.91. The van der Waals surface area contributed by atoms with Crippen molar-refractivity contribution in [2.75, 3.05) is 19.4 Å². The van der Waals surface area contributed by atoms with Gasteiger partial charge in [0.15, 0.2) is 0 Å². The van der Waals surface area contributed by atoms with Gasteiger partial charge in [-0.05, 0) is 18.7 Å². The fraction of sp³-hybridized carbons (Fsp3) is 0.308. The fourth-order valence-corrected chi connectivity index (χ4v) is 2.56. The van der Waals surface area contributed by atoms with Crippen molar-refractivity contribution in [3.05, 3.63) is 50.5 Å². The summed E-state index contributed by atoms with van der Waals surface area (Å²) in [6.07, 6.45) is 0. The minimum absolute atomic E-state index is 0.112. The maximum absolute atomic E-state index is 10.9. The number of nitrogens with one attached hydrogen (secondary N) is 1. The monoisotopic (exact) mass is 292 g/mol. The average molecular weight is 292 g/mol. The Labute approximate surface area is 121 Å². The molecule has 106 valence electrons. The van der Waals surface area contributed by atoms with Gasteiger partial charge in [0.05, 0.1) is 16.1 Å². The van der Waals surface area contributed by atoms with Gasteiger partial charge in [0.2, 0.25) is 0 Å². The first kappa shape index (κ1) is 14.4. The quantitative estimate of drug-likeness (QED) is 0.654. The lowest BCUT2D eigenvalue weighted by molar-refractivity contribution is -0.384. The first-order valence-electron chi connectivity index (χ1n) is 6.11. The van der Waals surface area contributed by atoms with Gasteiger partial charge in [0.25, 0.3) is 5.69 Å². The predicted molar refractivity (Wildman–Crippen MR) is 79.9 cm³/mol. The van der Waals surface area contributed by atoms with Crippen molar-refractivity contribution in [1.29, 1.82) is 0 Å². The van der Waals surface area contributed by atoms with Gasteiger partial charge in [0, 0.05) is 43.3 Å². The summed E-state index contributed by atoms with van der Waals surface area (Å²) >= 11 is 1.56. The van der Waals surface area contributed by atoms with Crippen LogP contribution in [0.3, 0.4) is 0 Å². The highest BCUT2D eigenvalue weighted by Gasteiger charge is 2.12. The molecule has 7 heteroatoms. The Kier molecular flexibility index (Phi) is 4.65. The number of nitro groups is 1. The molecule has 0 aliphatic rings. The van der Waals surface area contributed by atoms with Gasteiger partial charge in [-0.3, -0.25) is 15.0 Å². The van der Waals surface area contributed by atoms with Gasteiger partial charge < -0.3 is 5.32 Å². The predicted octanol–water partition coefficient (Wildman–Crippen LogP) is 2.73. The lowest BCUT2D eigenvalue weighted by atomic mass is 10.1. The van der Waals surface area contributed by atoms with E-state index in [9.17, 15) is 10.1 Å². The molecule has 6 nitrogen and oxygen atoms in total. The molecular weight excluding hydrogens is 276 g/mol. The van der Waals surface area contributed by atoms with Gasteiger partial charge in [-0.1, -0.05) is 0 Å². The van der Waals surface area contributed by atoms with E-state index in [1.165, 1.54) is 6.07 Å². The number of benzene rings is 1. The topological polar surface area (TPSA) is 71.3 Å². The van der Waals surface area contributed by atoms with Crippen LogP contribution in [-0.2, 0) is 13.1 Å². The number of non-ortho nitro benzene ring substituents is 1. The zero-order valence-corrected chi connectivity index (χ0v) is 12.2. The summed E-state index contributed by atoms with van der Waals surface area (Å²) in [7, 11) is 3.78. The van der Waals surface area contributed by atoms with Gasteiger partial charge in [0.1, 0.15) is 0 Å². The van der Waals surface area contributed by atoms with Crippen LogP contribution in [-0.4, -0.2) is 28.9 Å². The number of nitrogens with zero attached hydrogens (tertiary/aromatic N) is 3. The molecule has 0 saturated heterocycles. The number of thiazole rings is 1. The number of anilines is 1. The number of hydrogen-bond donors (Lipinski definition) is 1. The van der Waals surface area contributed by atoms with Crippen molar-refractivity contribution in [1.82, 2.24) is 9.88 Å². The van der Waals surface area contributed by atoms with Crippen LogP contribution in [0, 0.1) is 10.1 Å². The van der Waals surface area contributed by atoms with Crippen LogP contribution in [0.15, 0.2) is 29.1 Å². The Bertz CT molecular complexity index is 586. The van der Waals surface area contributed by atoms with Crippen molar-refractivity contribution in [2.24, 2.45) is 0 Å². The van der Waals surface area contributed by atoms with Gasteiger partial charge >= 0.3 is 0 Å². The van der Waals surface area contributed by atoms with E-state index in [0.717, 1.165) is 23.5 Å². The normalized spacial score (nSPS) is 10.8. The van der Waals surface area contributed by atoms with Crippen LogP contribution in [0.25, 0.3) is 0 Å².